The second kappa shape index (κ2) is 6.90. The van der Waals surface area contributed by atoms with Gasteiger partial charge in [-0.2, -0.15) is 0 Å². The Morgan fingerprint density at radius 2 is 2.50 bits per heavy atom. The second-order valence-electron chi connectivity index (χ2n) is 5.07. The van der Waals surface area contributed by atoms with Crippen LogP contribution in [0, 0.1) is 0 Å². The summed E-state index contributed by atoms with van der Waals surface area (Å²) in [5.74, 6) is 1.14. The fourth-order valence-electron chi connectivity index (χ4n) is 2.70. The van der Waals surface area contributed by atoms with Crippen LogP contribution < -0.4 is 5.32 Å². The third-order valence-corrected chi connectivity index (χ3v) is 3.66. The molecule has 102 valence electrons. The molecule has 1 aliphatic rings. The first-order valence-electron chi connectivity index (χ1n) is 7.13. The largest absolute Gasteiger partial charge is 0.378 e. The number of nitrogens with zero attached hydrogens (tertiary/aromatic N) is 2. The molecule has 18 heavy (non-hydrogen) atoms. The zero-order valence-corrected chi connectivity index (χ0v) is 11.6. The van der Waals surface area contributed by atoms with E-state index in [4.69, 9.17) is 4.74 Å². The number of hydrogen-bond acceptors (Lipinski definition) is 3. The van der Waals surface area contributed by atoms with Crippen molar-refractivity contribution >= 4 is 0 Å². The summed E-state index contributed by atoms with van der Waals surface area (Å²) >= 11 is 0. The molecule has 0 saturated carbocycles. The number of ether oxygens (including phenoxy) is 1. The molecule has 0 aliphatic carbocycles. The number of nitrogens with one attached hydrogen (secondary N) is 1. The SMILES string of the molecule is CCNC(CCCC1CCCO1)c1nccn1C. The minimum atomic E-state index is 0.372. The molecule has 0 amide bonds. The Morgan fingerprint density at radius 1 is 1.61 bits per heavy atom. The van der Waals surface area contributed by atoms with Gasteiger partial charge in [0.25, 0.3) is 0 Å². The van der Waals surface area contributed by atoms with Crippen LogP contribution in [0.25, 0.3) is 0 Å². The van der Waals surface area contributed by atoms with Gasteiger partial charge in [-0.3, -0.25) is 0 Å². The summed E-state index contributed by atoms with van der Waals surface area (Å²) < 4.78 is 7.78. The maximum Gasteiger partial charge on any atom is 0.125 e. The highest BCUT2D eigenvalue weighted by Crippen LogP contribution is 2.22. The predicted molar refractivity (Wildman–Crippen MR) is 72.5 cm³/mol. The molecule has 1 saturated heterocycles. The van der Waals surface area contributed by atoms with Gasteiger partial charge >= 0.3 is 0 Å². The van der Waals surface area contributed by atoms with Crippen molar-refractivity contribution in [2.75, 3.05) is 13.2 Å². The summed E-state index contributed by atoms with van der Waals surface area (Å²) in [6.07, 6.45) is 10.4. The number of rotatable bonds is 7. The highest BCUT2D eigenvalue weighted by molar-refractivity contribution is 4.98. The summed E-state index contributed by atoms with van der Waals surface area (Å²) in [6.45, 7) is 4.09. The van der Waals surface area contributed by atoms with Crippen molar-refractivity contribution in [2.24, 2.45) is 7.05 Å². The van der Waals surface area contributed by atoms with E-state index in [2.05, 4.69) is 28.8 Å². The maximum atomic E-state index is 5.67. The summed E-state index contributed by atoms with van der Waals surface area (Å²) in [5.41, 5.74) is 0. The average molecular weight is 251 g/mol. The molecule has 2 rings (SSSR count). The Balaban J connectivity index is 1.80. The molecule has 0 bridgehead atoms. The van der Waals surface area contributed by atoms with Crippen molar-refractivity contribution in [1.29, 1.82) is 0 Å². The highest BCUT2D eigenvalue weighted by Gasteiger charge is 2.18. The normalized spacial score (nSPS) is 21.3. The van der Waals surface area contributed by atoms with Gasteiger partial charge in [0.2, 0.25) is 0 Å². The number of aromatic nitrogens is 2. The topological polar surface area (TPSA) is 39.1 Å². The third kappa shape index (κ3) is 3.56. The standard InChI is InChI=1S/C14H25N3O/c1-3-15-13(14-16-9-10-17(14)2)8-4-6-12-7-5-11-18-12/h9-10,12-13,15H,3-8,11H2,1-2H3. The molecule has 1 aromatic rings. The van der Waals surface area contributed by atoms with Gasteiger partial charge in [-0.15, -0.1) is 0 Å². The van der Waals surface area contributed by atoms with Crippen molar-refractivity contribution < 1.29 is 4.74 Å². The minimum absolute atomic E-state index is 0.372. The van der Waals surface area contributed by atoms with Crippen LogP contribution in [0.2, 0.25) is 0 Å². The van der Waals surface area contributed by atoms with Gasteiger partial charge in [-0.05, 0) is 38.6 Å². The van der Waals surface area contributed by atoms with Gasteiger partial charge < -0.3 is 14.6 Å². The van der Waals surface area contributed by atoms with Gasteiger partial charge in [0, 0.05) is 26.0 Å². The van der Waals surface area contributed by atoms with E-state index in [-0.39, 0.29) is 0 Å². The van der Waals surface area contributed by atoms with Crippen LogP contribution in [0.4, 0.5) is 0 Å². The molecule has 1 aliphatic heterocycles. The van der Waals surface area contributed by atoms with Crippen LogP contribution in [0.15, 0.2) is 12.4 Å². The highest BCUT2D eigenvalue weighted by atomic mass is 16.5. The van der Waals surface area contributed by atoms with Crippen LogP contribution in [0.5, 0.6) is 0 Å². The van der Waals surface area contributed by atoms with Crippen molar-refractivity contribution in [2.45, 2.75) is 51.2 Å². The zero-order chi connectivity index (χ0) is 12.8. The fourth-order valence-corrected chi connectivity index (χ4v) is 2.70. The van der Waals surface area contributed by atoms with Gasteiger partial charge in [-0.1, -0.05) is 6.92 Å². The smallest absolute Gasteiger partial charge is 0.125 e. The van der Waals surface area contributed by atoms with Gasteiger partial charge in [0.1, 0.15) is 5.82 Å². The quantitative estimate of drug-likeness (QED) is 0.809. The van der Waals surface area contributed by atoms with E-state index < -0.39 is 0 Å². The van der Waals surface area contributed by atoms with E-state index in [9.17, 15) is 0 Å². The van der Waals surface area contributed by atoms with E-state index in [1.54, 1.807) is 0 Å². The molecular weight excluding hydrogens is 226 g/mol. The van der Waals surface area contributed by atoms with Crippen molar-refractivity contribution in [3.05, 3.63) is 18.2 Å². The first-order chi connectivity index (χ1) is 8.81. The summed E-state index contributed by atoms with van der Waals surface area (Å²) in [4.78, 5) is 4.45. The molecule has 1 aromatic heterocycles. The zero-order valence-electron chi connectivity index (χ0n) is 11.6. The van der Waals surface area contributed by atoms with Crippen LogP contribution in [-0.4, -0.2) is 28.8 Å². The average Bonchev–Trinajstić information content (AvgIpc) is 2.99. The Labute approximate surface area is 110 Å². The molecular formula is C14H25N3O. The van der Waals surface area contributed by atoms with Gasteiger partial charge in [0.05, 0.1) is 12.1 Å². The van der Waals surface area contributed by atoms with Crippen molar-refractivity contribution in [3.8, 4) is 0 Å². The lowest BCUT2D eigenvalue weighted by Crippen LogP contribution is -2.24. The molecule has 2 unspecified atom stereocenters. The fraction of sp³-hybridized carbons (Fsp3) is 0.786. The van der Waals surface area contributed by atoms with Crippen LogP contribution in [0.1, 0.15) is 50.9 Å². The number of imidazole rings is 1. The lowest BCUT2D eigenvalue weighted by molar-refractivity contribution is 0.101. The van der Waals surface area contributed by atoms with E-state index >= 15 is 0 Å². The monoisotopic (exact) mass is 251 g/mol. The molecule has 1 fully saturated rings. The Bertz CT molecular complexity index is 345. The van der Waals surface area contributed by atoms with Crippen molar-refractivity contribution in [3.63, 3.8) is 0 Å². The predicted octanol–water partition coefficient (Wildman–Crippen LogP) is 2.42. The minimum Gasteiger partial charge on any atom is -0.378 e. The van der Waals surface area contributed by atoms with Crippen LogP contribution in [0.3, 0.4) is 0 Å². The Hall–Kier alpha value is -0.870. The first kappa shape index (κ1) is 13.6. The van der Waals surface area contributed by atoms with Crippen molar-refractivity contribution in [1.82, 2.24) is 14.9 Å². The molecule has 0 spiro atoms. The van der Waals surface area contributed by atoms with E-state index in [0.29, 0.717) is 12.1 Å². The molecule has 2 heterocycles. The molecule has 1 N–H and O–H groups in total. The lowest BCUT2D eigenvalue weighted by atomic mass is 10.0. The third-order valence-electron chi connectivity index (χ3n) is 3.66. The summed E-state index contributed by atoms with van der Waals surface area (Å²) in [5, 5.41) is 3.53. The maximum absolute atomic E-state index is 5.67. The second-order valence-corrected chi connectivity index (χ2v) is 5.07. The molecule has 0 aromatic carbocycles. The molecule has 0 radical (unpaired) electrons. The summed E-state index contributed by atoms with van der Waals surface area (Å²) in [7, 11) is 2.06. The van der Waals surface area contributed by atoms with E-state index in [0.717, 1.165) is 25.4 Å². The lowest BCUT2D eigenvalue weighted by Gasteiger charge is -2.18. The molecule has 2 atom stereocenters. The Kier molecular flexibility index (Phi) is 5.20. The van der Waals surface area contributed by atoms with E-state index in [1.807, 2.05) is 12.4 Å². The van der Waals surface area contributed by atoms with Crippen LogP contribution in [-0.2, 0) is 11.8 Å². The van der Waals surface area contributed by atoms with E-state index in [1.165, 1.54) is 25.7 Å². The number of hydrogen-bond donors (Lipinski definition) is 1. The van der Waals surface area contributed by atoms with Gasteiger partial charge in [0.15, 0.2) is 0 Å². The number of aryl methyl sites for hydroxylation is 1. The molecule has 4 nitrogen and oxygen atoms in total. The van der Waals surface area contributed by atoms with Gasteiger partial charge in [-0.25, -0.2) is 4.98 Å². The first-order valence-corrected chi connectivity index (χ1v) is 7.13. The Morgan fingerprint density at radius 3 is 3.11 bits per heavy atom. The van der Waals surface area contributed by atoms with Crippen LogP contribution >= 0.6 is 0 Å². The molecule has 4 heteroatoms. The summed E-state index contributed by atoms with van der Waals surface area (Å²) in [6, 6.07) is 0.372.